The Morgan fingerprint density at radius 2 is 2.00 bits per heavy atom. The maximum absolute atomic E-state index is 11.6. The normalized spacial score (nSPS) is 9.71. The van der Waals surface area contributed by atoms with Gasteiger partial charge in [-0.15, -0.1) is 11.6 Å². The Balaban J connectivity index is 0.00000256. The van der Waals surface area contributed by atoms with E-state index in [1.807, 2.05) is 5.32 Å². The number of phenolic OH excluding ortho intramolecular Hbond substituents is 2. The van der Waals surface area contributed by atoms with Crippen molar-refractivity contribution in [1.82, 2.24) is 0 Å². The first-order chi connectivity index (χ1) is 7.65. The maximum Gasteiger partial charge on any atom is 0.216 e. The molecule has 0 amide bonds. The van der Waals surface area contributed by atoms with Crippen LogP contribution >= 0.6 is 11.6 Å². The zero-order chi connectivity index (χ0) is 12.0. The predicted molar refractivity (Wildman–Crippen MR) is 61.1 cm³/mol. The first-order valence-electron chi connectivity index (χ1n) is 5.08. The molecule has 6 heteroatoms. The van der Waals surface area contributed by atoms with Crippen molar-refractivity contribution in [2.75, 3.05) is 19.0 Å². The fraction of sp³-hybridized carbons (Fsp3) is 0.364. The third-order valence-corrected chi connectivity index (χ3v) is 2.44. The van der Waals surface area contributed by atoms with Gasteiger partial charge in [-0.25, -0.2) is 0 Å². The van der Waals surface area contributed by atoms with Crippen LogP contribution in [0.2, 0.25) is 0 Å². The van der Waals surface area contributed by atoms with Gasteiger partial charge in [-0.2, -0.15) is 0 Å². The van der Waals surface area contributed by atoms with E-state index >= 15 is 0 Å². The molecule has 1 aromatic rings. The highest BCUT2D eigenvalue weighted by atomic mass is 35.5. The van der Waals surface area contributed by atoms with E-state index in [4.69, 9.17) is 16.7 Å². The number of hydrogen-bond acceptors (Lipinski definition) is 3. The topological polar surface area (TPSA) is 74.1 Å². The summed E-state index contributed by atoms with van der Waals surface area (Å²) in [5, 5.41) is 20.2. The Bertz CT molecular complexity index is 372. The summed E-state index contributed by atoms with van der Waals surface area (Å²) in [5.41, 5.74) is 0.400. The van der Waals surface area contributed by atoms with Crippen molar-refractivity contribution < 1.29 is 32.7 Å². The Labute approximate surface area is 111 Å². The molecule has 0 unspecified atom stereocenters. The molecule has 1 aromatic carbocycles. The average molecular weight is 280 g/mol. The summed E-state index contributed by atoms with van der Waals surface area (Å²) in [7, 11) is 0. The van der Waals surface area contributed by atoms with Crippen LogP contribution in [-0.4, -0.2) is 35.0 Å². The van der Waals surface area contributed by atoms with Gasteiger partial charge in [-0.3, -0.25) is 4.79 Å². The number of nitrogens with two attached hydrogens (primary N) is 1. The number of quaternary nitrogens is 1. The van der Waals surface area contributed by atoms with Gasteiger partial charge in [0.25, 0.3) is 0 Å². The number of carbonyl (C=O) groups is 1. The SMILES string of the molecule is O=C(C[NH2+]CCCCl)c1ccc(O)c(O)c1.[Cl-]. The Kier molecular flexibility index (Phi) is 7.70. The molecular weight excluding hydrogens is 265 g/mol. The van der Waals surface area contributed by atoms with E-state index < -0.39 is 0 Å². The second-order valence-corrected chi connectivity index (χ2v) is 3.83. The third-order valence-electron chi connectivity index (χ3n) is 2.17. The largest absolute Gasteiger partial charge is 1.00 e. The lowest BCUT2D eigenvalue weighted by molar-refractivity contribution is -0.642. The lowest BCUT2D eigenvalue weighted by Crippen LogP contribution is -3.00. The molecule has 0 atom stereocenters. The summed E-state index contributed by atoms with van der Waals surface area (Å²) in [6.45, 7) is 1.13. The molecule has 0 saturated carbocycles. The number of rotatable bonds is 6. The fourth-order valence-corrected chi connectivity index (χ4v) is 1.42. The predicted octanol–water partition coefficient (Wildman–Crippen LogP) is -2.52. The second-order valence-electron chi connectivity index (χ2n) is 3.45. The molecule has 0 radical (unpaired) electrons. The first-order valence-corrected chi connectivity index (χ1v) is 5.61. The first kappa shape index (κ1) is 16.0. The molecule has 0 aliphatic heterocycles. The van der Waals surface area contributed by atoms with E-state index in [-0.39, 0.29) is 29.7 Å². The molecule has 0 bridgehead atoms. The molecular formula is C11H15Cl2NO3. The summed E-state index contributed by atoms with van der Waals surface area (Å²) in [6, 6.07) is 4.07. The number of benzene rings is 1. The number of ketones is 1. The van der Waals surface area contributed by atoms with Crippen LogP contribution in [0.15, 0.2) is 18.2 Å². The van der Waals surface area contributed by atoms with Gasteiger partial charge in [0, 0.05) is 17.9 Å². The van der Waals surface area contributed by atoms with Crippen molar-refractivity contribution in [1.29, 1.82) is 0 Å². The maximum atomic E-state index is 11.6. The van der Waals surface area contributed by atoms with Gasteiger partial charge in [0.2, 0.25) is 5.78 Å². The number of alkyl halides is 1. The summed E-state index contributed by atoms with van der Waals surface area (Å²) in [6.07, 6.45) is 0.857. The van der Waals surface area contributed by atoms with Crippen molar-refractivity contribution in [2.45, 2.75) is 6.42 Å². The standard InChI is InChI=1S/C11H14ClNO3.ClH/c12-4-1-5-13-7-11(16)8-2-3-9(14)10(15)6-8;/h2-3,6,13-15H,1,4-5,7H2;1H. The average Bonchev–Trinajstić information content (AvgIpc) is 2.28. The minimum Gasteiger partial charge on any atom is -1.00 e. The molecule has 4 N–H and O–H groups in total. The minimum absolute atomic E-state index is 0. The van der Waals surface area contributed by atoms with Crippen molar-refractivity contribution in [3.8, 4) is 11.5 Å². The van der Waals surface area contributed by atoms with Gasteiger partial charge in [-0.1, -0.05) is 0 Å². The number of halogens is 2. The molecule has 4 nitrogen and oxygen atoms in total. The van der Waals surface area contributed by atoms with Crippen LogP contribution in [0.4, 0.5) is 0 Å². The molecule has 0 aromatic heterocycles. The summed E-state index contributed by atoms with van der Waals surface area (Å²) >= 11 is 5.51. The highest BCUT2D eigenvalue weighted by Crippen LogP contribution is 2.24. The molecule has 0 aliphatic rings. The molecule has 17 heavy (non-hydrogen) atoms. The molecule has 96 valence electrons. The van der Waals surface area contributed by atoms with Crippen molar-refractivity contribution >= 4 is 17.4 Å². The summed E-state index contributed by atoms with van der Waals surface area (Å²) < 4.78 is 0. The van der Waals surface area contributed by atoms with Gasteiger partial charge in [0.1, 0.15) is 6.54 Å². The lowest BCUT2D eigenvalue weighted by Gasteiger charge is -2.02. The quantitative estimate of drug-likeness (QED) is 0.233. The third kappa shape index (κ3) is 5.26. The van der Waals surface area contributed by atoms with Gasteiger partial charge < -0.3 is 27.9 Å². The van der Waals surface area contributed by atoms with Crippen LogP contribution in [0.1, 0.15) is 16.8 Å². The molecule has 0 saturated heterocycles. The van der Waals surface area contributed by atoms with Crippen LogP contribution in [0.5, 0.6) is 11.5 Å². The highest BCUT2D eigenvalue weighted by molar-refractivity contribution is 6.17. The van der Waals surface area contributed by atoms with E-state index in [0.29, 0.717) is 18.0 Å². The van der Waals surface area contributed by atoms with Crippen LogP contribution in [-0.2, 0) is 0 Å². The number of aromatic hydroxyl groups is 2. The highest BCUT2D eigenvalue weighted by Gasteiger charge is 2.10. The van der Waals surface area contributed by atoms with E-state index in [0.717, 1.165) is 13.0 Å². The number of hydrogen-bond donors (Lipinski definition) is 3. The van der Waals surface area contributed by atoms with Crippen LogP contribution in [0.25, 0.3) is 0 Å². The van der Waals surface area contributed by atoms with Gasteiger partial charge in [0.05, 0.1) is 6.54 Å². The molecule has 0 fully saturated rings. The van der Waals surface area contributed by atoms with E-state index in [1.54, 1.807) is 0 Å². The lowest BCUT2D eigenvalue weighted by atomic mass is 10.1. The number of carbonyl (C=O) groups excluding carboxylic acids is 1. The smallest absolute Gasteiger partial charge is 0.216 e. The molecule has 1 rings (SSSR count). The molecule has 0 spiro atoms. The zero-order valence-electron chi connectivity index (χ0n) is 9.20. The van der Waals surface area contributed by atoms with Gasteiger partial charge >= 0.3 is 0 Å². The van der Waals surface area contributed by atoms with Crippen molar-refractivity contribution in [3.05, 3.63) is 23.8 Å². The number of phenols is 2. The van der Waals surface area contributed by atoms with E-state index in [9.17, 15) is 9.90 Å². The fourth-order valence-electron chi connectivity index (χ4n) is 1.27. The van der Waals surface area contributed by atoms with Gasteiger partial charge in [0.15, 0.2) is 11.5 Å². The Morgan fingerprint density at radius 1 is 1.29 bits per heavy atom. The van der Waals surface area contributed by atoms with E-state index in [2.05, 4.69) is 0 Å². The van der Waals surface area contributed by atoms with Crippen LogP contribution in [0, 0.1) is 0 Å². The minimum atomic E-state index is -0.272. The van der Waals surface area contributed by atoms with Crippen LogP contribution in [0.3, 0.4) is 0 Å². The molecule has 0 aliphatic carbocycles. The molecule has 0 heterocycles. The van der Waals surface area contributed by atoms with Gasteiger partial charge in [-0.05, 0) is 18.2 Å². The van der Waals surface area contributed by atoms with Crippen LogP contribution < -0.4 is 17.7 Å². The Morgan fingerprint density at radius 3 is 2.59 bits per heavy atom. The number of Topliss-reactive ketones (excluding diaryl/α,β-unsaturated/α-hetero) is 1. The zero-order valence-corrected chi connectivity index (χ0v) is 10.7. The van der Waals surface area contributed by atoms with Crippen molar-refractivity contribution in [3.63, 3.8) is 0 Å². The summed E-state index contributed by atoms with van der Waals surface area (Å²) in [5.74, 6) is 0.0178. The van der Waals surface area contributed by atoms with E-state index in [1.165, 1.54) is 18.2 Å². The second kappa shape index (κ2) is 8.17. The monoisotopic (exact) mass is 279 g/mol. The Hall–Kier alpha value is -0.970. The summed E-state index contributed by atoms with van der Waals surface area (Å²) in [4.78, 5) is 11.6. The van der Waals surface area contributed by atoms with Crippen molar-refractivity contribution in [2.24, 2.45) is 0 Å².